The molecule has 4 aromatic heterocycles. The normalized spacial score (nSPS) is 15.1. The maximum Gasteiger partial charge on any atom is 0.238 e. The van der Waals surface area contributed by atoms with E-state index in [1.807, 2.05) is 66.7 Å². The molecule has 210 valence electrons. The quantitative estimate of drug-likeness (QED) is 0.205. The van der Waals surface area contributed by atoms with Crippen molar-refractivity contribution >= 4 is 65.7 Å². The number of aromatic nitrogens is 4. The van der Waals surface area contributed by atoms with E-state index in [-0.39, 0.29) is 61.3 Å². The van der Waals surface area contributed by atoms with Gasteiger partial charge in [-0.15, -0.1) is 0 Å². The Bertz CT molecular complexity index is 3340. The van der Waals surface area contributed by atoms with Crippen LogP contribution in [-0.2, 0) is 0 Å². The van der Waals surface area contributed by atoms with Crippen LogP contribution in [-0.4, -0.2) is 19.5 Å². The third-order valence-electron chi connectivity index (χ3n) is 7.97. The molecule has 0 atom stereocenters. The second kappa shape index (κ2) is 9.11. The van der Waals surface area contributed by atoms with Crippen molar-refractivity contribution < 1.29 is 22.5 Å². The first-order valence-corrected chi connectivity index (χ1v) is 14.1. The summed E-state index contributed by atoms with van der Waals surface area (Å²) in [5.74, 6) is 0.293. The molecule has 0 radical (unpaired) electrons. The van der Waals surface area contributed by atoms with Gasteiger partial charge >= 0.3 is 0 Å². The lowest BCUT2D eigenvalue weighted by atomic mass is 10.1. The number of hydrogen-bond acceptors (Lipinski definition) is 5. The molecule has 0 fully saturated rings. The van der Waals surface area contributed by atoms with Crippen LogP contribution >= 0.6 is 0 Å². The van der Waals surface area contributed by atoms with Gasteiger partial charge in [-0.3, -0.25) is 4.57 Å². The first kappa shape index (κ1) is 16.5. The number of rotatable bonds is 3. The van der Waals surface area contributed by atoms with Crippen LogP contribution in [0.3, 0.4) is 0 Å². The Kier molecular flexibility index (Phi) is 3.35. The molecule has 0 amide bonds. The van der Waals surface area contributed by atoms with E-state index in [2.05, 4.69) is 0 Å². The molecule has 6 nitrogen and oxygen atoms in total. The molecule has 0 unspecified atom stereocenters. The predicted octanol–water partition coefficient (Wildman–Crippen LogP) is 10.1. The fourth-order valence-electron chi connectivity index (χ4n) is 6.04. The zero-order valence-electron chi connectivity index (χ0n) is 33.0. The molecule has 0 saturated carbocycles. The summed E-state index contributed by atoms with van der Waals surface area (Å²) < 4.78 is 102. The first-order valence-electron chi connectivity index (χ1n) is 19.1. The summed E-state index contributed by atoms with van der Waals surface area (Å²) in [6.07, 6.45) is 0. The van der Waals surface area contributed by atoms with Crippen LogP contribution in [0.1, 0.15) is 13.7 Å². The lowest BCUT2D eigenvalue weighted by Gasteiger charge is -2.11. The largest absolute Gasteiger partial charge is 0.456 e. The maximum absolute atomic E-state index is 9.45. The van der Waals surface area contributed by atoms with Crippen molar-refractivity contribution in [3.63, 3.8) is 0 Å². The predicted molar refractivity (Wildman–Crippen MR) is 180 cm³/mol. The number of nitrogens with zero attached hydrogens (tertiary/aromatic N) is 4. The van der Waals surface area contributed by atoms with Crippen molar-refractivity contribution in [3.8, 4) is 28.7 Å². The van der Waals surface area contributed by atoms with Crippen molar-refractivity contribution in [2.24, 2.45) is 0 Å². The molecule has 45 heavy (non-hydrogen) atoms. The third kappa shape index (κ3) is 3.48. The molecule has 4 heterocycles. The molecule has 0 N–H and O–H groups in total. The van der Waals surface area contributed by atoms with Gasteiger partial charge in [0.1, 0.15) is 22.3 Å². The highest BCUT2D eigenvalue weighted by Gasteiger charge is 2.22. The van der Waals surface area contributed by atoms with Crippen LogP contribution in [0.4, 0.5) is 0 Å². The molecule has 0 aliphatic rings. The summed E-state index contributed by atoms with van der Waals surface area (Å²) in [5, 5.41) is 1.27. The minimum absolute atomic E-state index is 0.00258. The van der Waals surface area contributed by atoms with Crippen LogP contribution in [0.15, 0.2) is 142 Å². The van der Waals surface area contributed by atoms with E-state index < -0.39 is 60.4 Å². The number of para-hydroxylation sites is 3. The Labute approximate surface area is 269 Å². The van der Waals surface area contributed by atoms with Gasteiger partial charge in [0.05, 0.1) is 30.1 Å². The van der Waals surface area contributed by atoms with Gasteiger partial charge in [-0.05, 0) is 36.3 Å². The van der Waals surface area contributed by atoms with Crippen LogP contribution in [0.2, 0.25) is 0 Å². The van der Waals surface area contributed by atoms with Gasteiger partial charge in [0.25, 0.3) is 0 Å². The average molecular weight is 589 g/mol. The Hall–Kier alpha value is -6.27. The molecule has 0 aliphatic heterocycles. The molecule has 10 aromatic rings. The Morgan fingerprint density at radius 1 is 0.511 bits per heavy atom. The summed E-state index contributed by atoms with van der Waals surface area (Å²) >= 11 is 0. The van der Waals surface area contributed by atoms with Crippen molar-refractivity contribution in [2.45, 2.75) is 0 Å². The van der Waals surface area contributed by atoms with Gasteiger partial charge in [0.15, 0.2) is 11.6 Å². The van der Waals surface area contributed by atoms with E-state index in [1.165, 1.54) is 4.57 Å². The summed E-state index contributed by atoms with van der Waals surface area (Å²) in [7, 11) is 0. The van der Waals surface area contributed by atoms with Gasteiger partial charge in [0.2, 0.25) is 5.95 Å². The second-order valence-corrected chi connectivity index (χ2v) is 10.5. The van der Waals surface area contributed by atoms with Crippen molar-refractivity contribution in [1.29, 1.82) is 0 Å². The molecule has 0 bridgehead atoms. The Balaban J connectivity index is 1.42. The molecule has 0 saturated heterocycles. The summed E-state index contributed by atoms with van der Waals surface area (Å²) in [6.45, 7) is 0. The van der Waals surface area contributed by atoms with E-state index in [0.29, 0.717) is 22.3 Å². The topological polar surface area (TPSA) is 69.9 Å². The highest BCUT2D eigenvalue weighted by atomic mass is 16.3. The second-order valence-electron chi connectivity index (χ2n) is 10.5. The van der Waals surface area contributed by atoms with Crippen molar-refractivity contribution in [3.05, 3.63) is 133 Å². The zero-order valence-corrected chi connectivity index (χ0v) is 23.0. The summed E-state index contributed by atoms with van der Waals surface area (Å²) in [6, 6.07) is 17.1. The number of fused-ring (bicyclic) bond motifs is 10. The monoisotopic (exact) mass is 588 g/mol. The van der Waals surface area contributed by atoms with E-state index in [4.69, 9.17) is 33.4 Å². The van der Waals surface area contributed by atoms with Gasteiger partial charge < -0.3 is 8.83 Å². The standard InChI is InChI=1S/C39H22N4O2/c1-2-11-23(12-3-1)37-40-38(28-16-10-20-33-34(28)27-15-6-9-19-32(27)44-33)42-39(41-37)43-29-17-7-4-14-26(29)35-30(43)22-21-25-24-13-5-8-18-31(24)45-36(25)35/h1-22H/i4D,5D,7D,8D,13D,14D,17D,18D,21D,22D. The van der Waals surface area contributed by atoms with Gasteiger partial charge in [-0.2, -0.15) is 9.97 Å². The molecule has 6 heteroatoms. The SMILES string of the molecule is [2H]c1c([2H])c([2H])c2c(oc3c2c([2H])c([2H])c2c3c3c([2H])c([2H])c([2H])c([2H])c3n2-c2nc(-c3ccccc3)nc(-c3cccc4oc5ccccc5c34)n2)c1[2H]. The van der Waals surface area contributed by atoms with Crippen LogP contribution < -0.4 is 0 Å². The van der Waals surface area contributed by atoms with Gasteiger partial charge in [-0.25, -0.2) is 4.98 Å². The van der Waals surface area contributed by atoms with Crippen molar-refractivity contribution in [2.75, 3.05) is 0 Å². The van der Waals surface area contributed by atoms with E-state index in [9.17, 15) is 4.11 Å². The van der Waals surface area contributed by atoms with E-state index >= 15 is 0 Å². The minimum atomic E-state index is -0.564. The zero-order chi connectivity index (χ0) is 38.2. The van der Waals surface area contributed by atoms with Gasteiger partial charge in [-0.1, -0.05) is 96.9 Å². The lowest BCUT2D eigenvalue weighted by molar-refractivity contribution is 0.669. The van der Waals surface area contributed by atoms with Crippen LogP contribution in [0.25, 0.3) is 94.4 Å². The fourth-order valence-corrected chi connectivity index (χ4v) is 6.04. The summed E-state index contributed by atoms with van der Waals surface area (Å²) in [5.41, 5.74) is 1.84. The number of benzene rings is 6. The van der Waals surface area contributed by atoms with Crippen LogP contribution in [0.5, 0.6) is 0 Å². The average Bonchev–Trinajstić information content (AvgIpc) is 3.90. The first-order chi connectivity index (χ1) is 26.5. The van der Waals surface area contributed by atoms with E-state index in [0.717, 1.165) is 10.8 Å². The van der Waals surface area contributed by atoms with Crippen molar-refractivity contribution in [1.82, 2.24) is 19.5 Å². The molecule has 10 rings (SSSR count). The fraction of sp³-hybridized carbons (Fsp3) is 0. The molecular weight excluding hydrogens is 556 g/mol. The third-order valence-corrected chi connectivity index (χ3v) is 7.97. The maximum atomic E-state index is 9.45. The highest BCUT2D eigenvalue weighted by molar-refractivity contribution is 6.23. The molecule has 6 aromatic carbocycles. The Morgan fingerprint density at radius 2 is 1.29 bits per heavy atom. The van der Waals surface area contributed by atoms with Gasteiger partial charge in [0, 0.05) is 38.1 Å². The number of hydrogen-bond donors (Lipinski definition) is 0. The smallest absolute Gasteiger partial charge is 0.238 e. The van der Waals surface area contributed by atoms with E-state index in [1.54, 1.807) is 6.07 Å². The lowest BCUT2D eigenvalue weighted by Crippen LogP contribution is -2.06. The molecule has 0 spiro atoms. The molecular formula is C39H22N4O2. The summed E-state index contributed by atoms with van der Waals surface area (Å²) in [4.78, 5) is 14.7. The highest BCUT2D eigenvalue weighted by Crippen LogP contribution is 2.41. The Morgan fingerprint density at radius 3 is 2.22 bits per heavy atom. The van der Waals surface area contributed by atoms with Crippen LogP contribution in [0, 0.1) is 0 Å². The number of furan rings is 2. The minimum Gasteiger partial charge on any atom is -0.456 e. The molecule has 0 aliphatic carbocycles.